The minimum Gasteiger partial charge on any atom is -0.481 e. The number of thiocarbonyl (C=S) groups is 1. The molecular weight excluding hydrogens is 376 g/mol. The molecule has 4 N–H and O–H groups in total. The van der Waals surface area contributed by atoms with Gasteiger partial charge in [-0.05, 0) is 42.0 Å². The number of carbonyl (C=O) groups is 1. The summed E-state index contributed by atoms with van der Waals surface area (Å²) in [6, 6.07) is 13.8. The number of fused-ring (bicyclic) bond motifs is 1. The Hall–Kier alpha value is -2.42. The van der Waals surface area contributed by atoms with Gasteiger partial charge in [-0.25, -0.2) is 0 Å². The average Bonchev–Trinajstić information content (AvgIpc) is 2.72. The number of carbonyl (C=O) groups excluding carboxylic acids is 1. The van der Waals surface area contributed by atoms with E-state index in [2.05, 4.69) is 16.2 Å². The molecule has 7 nitrogen and oxygen atoms in total. The molecule has 1 aliphatic rings. The van der Waals surface area contributed by atoms with Gasteiger partial charge in [-0.1, -0.05) is 30.3 Å². The highest BCUT2D eigenvalue weighted by atomic mass is 32.1. The Bertz CT molecular complexity index is 811. The van der Waals surface area contributed by atoms with E-state index in [0.717, 1.165) is 50.2 Å². The van der Waals surface area contributed by atoms with Crippen LogP contribution in [0.1, 0.15) is 6.92 Å². The van der Waals surface area contributed by atoms with E-state index in [4.69, 9.17) is 21.7 Å². The highest BCUT2D eigenvalue weighted by molar-refractivity contribution is 7.80. The van der Waals surface area contributed by atoms with Crippen LogP contribution in [0.15, 0.2) is 42.5 Å². The summed E-state index contributed by atoms with van der Waals surface area (Å²) < 4.78 is 11.1. The van der Waals surface area contributed by atoms with Crippen molar-refractivity contribution in [3.05, 3.63) is 42.5 Å². The van der Waals surface area contributed by atoms with Gasteiger partial charge in [-0.15, -0.1) is 0 Å². The van der Waals surface area contributed by atoms with Crippen LogP contribution in [0.4, 0.5) is 0 Å². The van der Waals surface area contributed by atoms with Crippen LogP contribution in [0.5, 0.6) is 5.75 Å². The second-order valence-corrected chi connectivity index (χ2v) is 7.16. The zero-order valence-electron chi connectivity index (χ0n) is 16.0. The lowest BCUT2D eigenvalue weighted by molar-refractivity contribution is -0.906. The predicted molar refractivity (Wildman–Crippen MR) is 112 cm³/mol. The summed E-state index contributed by atoms with van der Waals surface area (Å²) in [5.74, 6) is 0.353. The average molecular weight is 404 g/mol. The molecule has 1 saturated heterocycles. The zero-order valence-corrected chi connectivity index (χ0v) is 16.8. The second kappa shape index (κ2) is 10.2. The van der Waals surface area contributed by atoms with E-state index in [-0.39, 0.29) is 5.91 Å². The third-order valence-corrected chi connectivity index (χ3v) is 4.91. The molecule has 0 bridgehead atoms. The Kier molecular flexibility index (Phi) is 7.41. The molecule has 2 aromatic carbocycles. The van der Waals surface area contributed by atoms with Gasteiger partial charge in [0.2, 0.25) is 0 Å². The summed E-state index contributed by atoms with van der Waals surface area (Å²) in [4.78, 5) is 13.7. The van der Waals surface area contributed by atoms with E-state index < -0.39 is 6.10 Å². The lowest BCUT2D eigenvalue weighted by Crippen LogP contribution is -3.14. The van der Waals surface area contributed by atoms with Crippen molar-refractivity contribution in [3.8, 4) is 5.75 Å². The van der Waals surface area contributed by atoms with Gasteiger partial charge >= 0.3 is 0 Å². The maximum Gasteiger partial charge on any atom is 0.279 e. The van der Waals surface area contributed by atoms with Crippen LogP contribution in [-0.4, -0.2) is 56.5 Å². The number of ether oxygens (including phenoxy) is 2. The maximum atomic E-state index is 12.2. The second-order valence-electron chi connectivity index (χ2n) is 6.75. The smallest absolute Gasteiger partial charge is 0.279 e. The first kappa shape index (κ1) is 20.3. The van der Waals surface area contributed by atoms with Gasteiger partial charge in [0.15, 0.2) is 11.2 Å². The van der Waals surface area contributed by atoms with Gasteiger partial charge in [0.25, 0.3) is 5.91 Å². The molecule has 1 heterocycles. The normalized spacial score (nSPS) is 15.6. The van der Waals surface area contributed by atoms with Crippen molar-refractivity contribution >= 4 is 34.0 Å². The molecule has 1 aliphatic heterocycles. The summed E-state index contributed by atoms with van der Waals surface area (Å²) in [5, 5.41) is 5.68. The molecule has 3 rings (SSSR count). The minimum atomic E-state index is -0.658. The molecule has 2 aromatic rings. The van der Waals surface area contributed by atoms with Gasteiger partial charge in [0, 0.05) is 0 Å². The monoisotopic (exact) mass is 403 g/mol. The molecule has 1 atom stereocenters. The summed E-state index contributed by atoms with van der Waals surface area (Å²) in [5.41, 5.74) is 5.31. The maximum absolute atomic E-state index is 12.2. The number of hydrogen-bond donors (Lipinski definition) is 4. The van der Waals surface area contributed by atoms with Gasteiger partial charge in [-0.3, -0.25) is 15.6 Å². The standard InChI is InChI=1S/C20H26N4O3S/c1-15(27-18-7-6-16-4-2-3-5-17(16)14-18)19(25)22-23-20(28)21-8-9-24-10-12-26-13-11-24/h2-7,14-15H,8-13H2,1H3,(H,22,25)(H2,21,23,28)/p+1/t15-/m1/s1. The quantitative estimate of drug-likeness (QED) is 0.403. The lowest BCUT2D eigenvalue weighted by Gasteiger charge is -2.24. The van der Waals surface area contributed by atoms with Crippen LogP contribution in [0.25, 0.3) is 10.8 Å². The SMILES string of the molecule is C[C@@H](Oc1ccc2ccccc2c1)C(=O)NNC(=S)NCC[NH+]1CCOCC1. The van der Waals surface area contributed by atoms with E-state index in [9.17, 15) is 4.79 Å². The van der Waals surface area contributed by atoms with Crippen molar-refractivity contribution in [2.75, 3.05) is 39.4 Å². The van der Waals surface area contributed by atoms with Crippen molar-refractivity contribution < 1.29 is 19.2 Å². The van der Waals surface area contributed by atoms with Gasteiger partial charge < -0.3 is 19.7 Å². The molecule has 0 aliphatic carbocycles. The number of rotatable bonds is 6. The third-order valence-electron chi connectivity index (χ3n) is 4.67. The van der Waals surface area contributed by atoms with Gasteiger partial charge in [0.05, 0.1) is 26.3 Å². The number of benzene rings is 2. The molecular formula is C20H27N4O3S+. The lowest BCUT2D eigenvalue weighted by atomic mass is 10.1. The number of morpholine rings is 1. The van der Waals surface area contributed by atoms with Crippen LogP contribution >= 0.6 is 12.2 Å². The van der Waals surface area contributed by atoms with E-state index in [1.165, 1.54) is 4.90 Å². The minimum absolute atomic E-state index is 0.295. The Morgan fingerprint density at radius 2 is 1.93 bits per heavy atom. The Balaban J connectivity index is 1.37. The fourth-order valence-corrected chi connectivity index (χ4v) is 3.18. The van der Waals surface area contributed by atoms with Crippen LogP contribution in [-0.2, 0) is 9.53 Å². The largest absolute Gasteiger partial charge is 0.481 e. The van der Waals surface area contributed by atoms with E-state index in [1.54, 1.807) is 6.92 Å². The highest BCUT2D eigenvalue weighted by Gasteiger charge is 2.16. The molecule has 150 valence electrons. The van der Waals surface area contributed by atoms with Crippen LogP contribution in [0.2, 0.25) is 0 Å². The molecule has 0 unspecified atom stereocenters. The predicted octanol–water partition coefficient (Wildman–Crippen LogP) is 0.0175. The first-order valence-electron chi connectivity index (χ1n) is 9.52. The molecule has 1 amide bonds. The molecule has 8 heteroatoms. The number of quaternary nitrogens is 1. The van der Waals surface area contributed by atoms with Crippen molar-refractivity contribution in [1.29, 1.82) is 0 Å². The number of nitrogens with one attached hydrogen (secondary N) is 4. The Morgan fingerprint density at radius 1 is 1.18 bits per heavy atom. The fourth-order valence-electron chi connectivity index (χ4n) is 3.03. The summed E-state index contributed by atoms with van der Waals surface area (Å²) in [6.45, 7) is 7.04. The molecule has 0 aromatic heterocycles. The van der Waals surface area contributed by atoms with Crippen LogP contribution < -0.4 is 25.8 Å². The zero-order chi connectivity index (χ0) is 19.8. The number of hydrazine groups is 1. The topological polar surface area (TPSA) is 76.1 Å². The van der Waals surface area contributed by atoms with Crippen molar-refractivity contribution in [2.24, 2.45) is 0 Å². The van der Waals surface area contributed by atoms with Gasteiger partial charge in [-0.2, -0.15) is 0 Å². The fraction of sp³-hybridized carbons (Fsp3) is 0.400. The summed E-state index contributed by atoms with van der Waals surface area (Å²) in [6.07, 6.45) is -0.658. The van der Waals surface area contributed by atoms with E-state index in [1.807, 2.05) is 42.5 Å². The molecule has 28 heavy (non-hydrogen) atoms. The van der Waals surface area contributed by atoms with Crippen molar-refractivity contribution in [1.82, 2.24) is 16.2 Å². The van der Waals surface area contributed by atoms with Crippen molar-refractivity contribution in [3.63, 3.8) is 0 Å². The first-order chi connectivity index (χ1) is 13.6. The summed E-state index contributed by atoms with van der Waals surface area (Å²) in [7, 11) is 0. The van der Waals surface area contributed by atoms with E-state index in [0.29, 0.717) is 10.9 Å². The number of hydrogen-bond acceptors (Lipinski definition) is 4. The van der Waals surface area contributed by atoms with Crippen molar-refractivity contribution in [2.45, 2.75) is 13.0 Å². The molecule has 0 spiro atoms. The molecule has 0 radical (unpaired) electrons. The summed E-state index contributed by atoms with van der Waals surface area (Å²) >= 11 is 5.20. The number of amides is 1. The highest BCUT2D eigenvalue weighted by Crippen LogP contribution is 2.21. The molecule has 0 saturated carbocycles. The van der Waals surface area contributed by atoms with Crippen LogP contribution in [0, 0.1) is 0 Å². The van der Waals surface area contributed by atoms with E-state index >= 15 is 0 Å². The Labute approximate surface area is 170 Å². The first-order valence-corrected chi connectivity index (χ1v) is 9.93. The van der Waals surface area contributed by atoms with Crippen LogP contribution in [0.3, 0.4) is 0 Å². The molecule has 1 fully saturated rings. The third kappa shape index (κ3) is 6.05. The Morgan fingerprint density at radius 3 is 2.71 bits per heavy atom. The van der Waals surface area contributed by atoms with Gasteiger partial charge in [0.1, 0.15) is 18.8 Å².